The summed E-state index contributed by atoms with van der Waals surface area (Å²) in [6.45, 7) is 0. The summed E-state index contributed by atoms with van der Waals surface area (Å²) in [5.74, 6) is 5.84. The smallest absolute Gasteiger partial charge is 0.164 e. The Morgan fingerprint density at radius 1 is 0.107 bits per heavy atom. The van der Waals surface area contributed by atoms with Crippen LogP contribution >= 0.6 is 0 Å². The van der Waals surface area contributed by atoms with Crippen LogP contribution in [-0.4, -0.2) is 44.9 Å². The molecule has 9 nitrogen and oxygen atoms in total. The van der Waals surface area contributed by atoms with Crippen molar-refractivity contribution in [1.29, 1.82) is 0 Å². The molecule has 0 fully saturated rings. The van der Waals surface area contributed by atoms with E-state index in [0.29, 0.717) is 52.4 Å². The van der Waals surface area contributed by atoms with Gasteiger partial charge in [-0.25, -0.2) is 44.9 Å². The summed E-state index contributed by atoms with van der Waals surface area (Å²) < 4.78 is 0. The highest BCUT2D eigenvalue weighted by Gasteiger charge is 2.48. The van der Waals surface area contributed by atoms with Gasteiger partial charge in [0, 0.05) is 50.1 Å². The van der Waals surface area contributed by atoms with Gasteiger partial charge in [0.05, 0.1) is 10.8 Å². The lowest BCUT2D eigenvalue weighted by Gasteiger charge is -2.34. The highest BCUT2D eigenvalue weighted by atomic mass is 15.1. The lowest BCUT2D eigenvalue weighted by molar-refractivity contribution is 0.768. The Kier molecular flexibility index (Phi) is 22.6. The fraction of sp³-hybridized carbons (Fsp3) is 0.0142. The zero-order chi connectivity index (χ0) is 99.4. The van der Waals surface area contributed by atoms with Crippen molar-refractivity contribution in [2.24, 2.45) is 0 Å². The Hall–Kier alpha value is -19.9. The molecule has 27 aromatic rings. The first kappa shape index (κ1) is 89.0. The second kappa shape index (κ2) is 38.0. The van der Waals surface area contributed by atoms with Crippen LogP contribution in [0.5, 0.6) is 0 Å². The number of hydrogen-bond acceptors (Lipinski definition) is 9. The Morgan fingerprint density at radius 2 is 0.340 bits per heavy atom. The summed E-state index contributed by atoms with van der Waals surface area (Å²) in [5, 5.41) is 16.5. The lowest BCUT2D eigenvalue weighted by Crippen LogP contribution is -2.28. The van der Waals surface area contributed by atoms with Gasteiger partial charge in [-0.3, -0.25) is 0 Å². The van der Waals surface area contributed by atoms with E-state index < -0.39 is 10.8 Å². The molecule has 0 aliphatic heterocycles. The molecule has 0 amide bonds. The van der Waals surface area contributed by atoms with E-state index in [4.69, 9.17) is 44.9 Å². The van der Waals surface area contributed by atoms with Crippen LogP contribution < -0.4 is 0 Å². The van der Waals surface area contributed by atoms with Gasteiger partial charge in [0.1, 0.15) is 0 Å². The zero-order valence-corrected chi connectivity index (χ0v) is 81.6. The van der Waals surface area contributed by atoms with Crippen molar-refractivity contribution in [1.82, 2.24) is 44.9 Å². The molecule has 0 radical (unpaired) electrons. The van der Waals surface area contributed by atoms with Crippen LogP contribution in [0.25, 0.3) is 222 Å². The molecule has 0 unspecified atom stereocenters. The summed E-state index contributed by atoms with van der Waals surface area (Å²) in [4.78, 5) is 46.1. The van der Waals surface area contributed by atoms with E-state index in [2.05, 4.69) is 497 Å². The molecule has 3 heterocycles. The normalized spacial score (nSPS) is 12.4. The van der Waals surface area contributed by atoms with Gasteiger partial charge in [0.15, 0.2) is 52.4 Å². The molecular weight excluding hydrogens is 1820 g/mol. The molecule has 150 heavy (non-hydrogen) atoms. The molecular formula is C141H91N9. The quantitative estimate of drug-likeness (QED) is 0.0925. The largest absolute Gasteiger partial charge is 0.208 e. The van der Waals surface area contributed by atoms with E-state index in [1.54, 1.807) is 0 Å². The zero-order valence-electron chi connectivity index (χ0n) is 81.6. The maximum Gasteiger partial charge on any atom is 0.164 e. The molecule has 0 bridgehead atoms. The maximum atomic E-state index is 5.27. The van der Waals surface area contributed by atoms with E-state index in [0.717, 1.165) is 93.5 Å². The van der Waals surface area contributed by atoms with E-state index in [1.165, 1.54) is 121 Å². The number of nitrogens with zero attached hydrogens (tertiary/aromatic N) is 9. The SMILES string of the molecule is c1ccc(-c2ccc(-c3cccc(-c4nc(-c5ccccc5)nc(-c5ccc6c(ccc7ccccc76)c5)n4)c3)cc2)cc1.c1ccc(-c2nc(-c3ccc(C4(c5ccccc5)c5ccccc5-c5ccccc54)cc3)nc(-c3cc4ccccc4c4ccccc34)n2)cc1.c1ccc(C2(c3ccc(-c4nc(-c5ccc6ccccc6c5)nc(-c5cc6ccccc6c6ccccc56)n4)cc3)c3ccccc3-c3ccccc32)cc1. The minimum atomic E-state index is -0.475. The van der Waals surface area contributed by atoms with Gasteiger partial charge in [0.25, 0.3) is 0 Å². The van der Waals surface area contributed by atoms with Gasteiger partial charge in [-0.15, -0.1) is 0 Å². The van der Waals surface area contributed by atoms with Crippen LogP contribution in [0.3, 0.4) is 0 Å². The van der Waals surface area contributed by atoms with Gasteiger partial charge in [-0.1, -0.05) is 522 Å². The van der Waals surface area contributed by atoms with Gasteiger partial charge >= 0.3 is 0 Å². The molecule has 0 atom stereocenters. The molecule has 700 valence electrons. The fourth-order valence-corrected chi connectivity index (χ4v) is 22.9. The van der Waals surface area contributed by atoms with Crippen LogP contribution in [0.1, 0.15) is 44.5 Å². The third-order valence-corrected chi connectivity index (χ3v) is 29.9. The van der Waals surface area contributed by atoms with Crippen LogP contribution in [0.2, 0.25) is 0 Å². The highest BCUT2D eigenvalue weighted by molar-refractivity contribution is 6.15. The van der Waals surface area contributed by atoms with Crippen molar-refractivity contribution in [3.05, 3.63) is 597 Å². The minimum absolute atomic E-state index is 0.462. The number of rotatable bonds is 15. The lowest BCUT2D eigenvalue weighted by atomic mass is 9.67. The first-order valence-corrected chi connectivity index (χ1v) is 50.9. The van der Waals surface area contributed by atoms with Crippen molar-refractivity contribution in [2.45, 2.75) is 10.8 Å². The van der Waals surface area contributed by atoms with E-state index in [-0.39, 0.29) is 0 Å². The third-order valence-electron chi connectivity index (χ3n) is 29.9. The van der Waals surface area contributed by atoms with Gasteiger partial charge < -0.3 is 0 Å². The Labute approximate surface area is 868 Å². The average Bonchev–Trinajstić information content (AvgIpc) is 1.54. The Morgan fingerprint density at radius 3 is 0.767 bits per heavy atom. The number of aromatic nitrogens is 9. The van der Waals surface area contributed by atoms with Crippen molar-refractivity contribution >= 4 is 75.4 Å². The van der Waals surface area contributed by atoms with E-state index >= 15 is 0 Å². The molecule has 29 rings (SSSR count). The Bertz CT molecular complexity index is 9790. The molecule has 24 aromatic carbocycles. The molecule has 0 saturated carbocycles. The summed E-state index contributed by atoms with van der Waals surface area (Å²) in [6.07, 6.45) is 0. The van der Waals surface area contributed by atoms with Crippen LogP contribution in [0, 0.1) is 0 Å². The molecule has 0 saturated heterocycles. The standard InChI is InChI=1S/C52H33N3.C48H31N3.C41H27N3/c1-2-17-39(18-3-1)52(47-24-12-10-22-44(47)45-23-11-13-25-48(45)52)40-30-28-35(29-31-40)49-53-50(38-27-26-34-14-4-5-15-36(34)32-38)55-51(54-49)46-33-37-16-6-7-19-41(37)42-20-8-9-21-43(42)46;1-3-15-32(16-4-1)45-49-46(51-47(50-45)42-31-34-17-7-8-20-37(34)38-21-9-10-22-39(38)42)33-27-29-36(30-28-33)48(35-18-5-2-6-19-35)43-25-13-11-23-40(43)41-24-12-14-26-44(41)48;1-3-10-28(11-4-1)29-18-20-30(21-19-29)33-15-9-16-35(26-33)40-42-39(32-13-5-2-6-14-32)43-41(44-40)36-24-25-38-34(27-36)23-22-31-12-7-8-17-37(31)38/h1-33H;1-31H;1-27H. The second-order valence-corrected chi connectivity index (χ2v) is 38.4. The predicted octanol–water partition coefficient (Wildman–Crippen LogP) is 34.8. The molecule has 9 heteroatoms. The van der Waals surface area contributed by atoms with Crippen LogP contribution in [0.4, 0.5) is 0 Å². The maximum absolute atomic E-state index is 5.27. The Balaban J connectivity index is 0.000000111. The van der Waals surface area contributed by atoms with Gasteiger partial charge in [-0.2, -0.15) is 0 Å². The fourth-order valence-electron chi connectivity index (χ4n) is 22.9. The second-order valence-electron chi connectivity index (χ2n) is 38.4. The van der Waals surface area contributed by atoms with Crippen molar-refractivity contribution in [3.63, 3.8) is 0 Å². The van der Waals surface area contributed by atoms with Crippen molar-refractivity contribution in [2.75, 3.05) is 0 Å². The number of fused-ring (bicyclic) bond motifs is 16. The average molecular weight is 1910 g/mol. The first-order chi connectivity index (χ1) is 74.3. The molecule has 0 N–H and O–H groups in total. The number of benzene rings is 24. The summed E-state index contributed by atoms with van der Waals surface area (Å²) >= 11 is 0. The topological polar surface area (TPSA) is 116 Å². The third kappa shape index (κ3) is 15.9. The predicted molar refractivity (Wildman–Crippen MR) is 616 cm³/mol. The van der Waals surface area contributed by atoms with Gasteiger partial charge in [0.2, 0.25) is 0 Å². The van der Waals surface area contributed by atoms with Gasteiger partial charge in [-0.05, 0) is 195 Å². The summed E-state index contributed by atoms with van der Waals surface area (Å²) in [7, 11) is 0. The van der Waals surface area contributed by atoms with Crippen LogP contribution in [0.15, 0.2) is 552 Å². The van der Waals surface area contributed by atoms with Crippen LogP contribution in [-0.2, 0) is 10.8 Å². The van der Waals surface area contributed by atoms with E-state index in [9.17, 15) is 0 Å². The van der Waals surface area contributed by atoms with Crippen molar-refractivity contribution in [3.8, 4) is 147 Å². The van der Waals surface area contributed by atoms with E-state index in [1.807, 2.05) is 54.6 Å². The first-order valence-electron chi connectivity index (χ1n) is 50.9. The molecule has 2 aliphatic rings. The minimum Gasteiger partial charge on any atom is -0.208 e. The van der Waals surface area contributed by atoms with Crippen molar-refractivity contribution < 1.29 is 0 Å². The summed E-state index contributed by atoms with van der Waals surface area (Å²) in [5.41, 5.74) is 27.5. The number of hydrogen-bond donors (Lipinski definition) is 0. The molecule has 0 spiro atoms. The molecule has 3 aromatic heterocycles. The monoisotopic (exact) mass is 1910 g/mol. The molecule has 2 aliphatic carbocycles. The highest BCUT2D eigenvalue weighted by Crippen LogP contribution is 2.59. The summed E-state index contributed by atoms with van der Waals surface area (Å²) in [6, 6.07) is 196.